The molecule has 6 heteroatoms. The molecule has 30 heavy (non-hydrogen) atoms. The number of nitrogens with zero attached hydrogens (tertiary/aromatic N) is 2. The number of hydrogen-bond acceptors (Lipinski definition) is 2. The summed E-state index contributed by atoms with van der Waals surface area (Å²) in [4.78, 5) is 17.3. The highest BCUT2D eigenvalue weighted by molar-refractivity contribution is 6.07. The van der Waals surface area contributed by atoms with Crippen LogP contribution in [0.3, 0.4) is 0 Å². The van der Waals surface area contributed by atoms with E-state index < -0.39 is 11.7 Å². The minimum Gasteiger partial charge on any atom is -0.307 e. The summed E-state index contributed by atoms with van der Waals surface area (Å²) in [6.45, 7) is 9.20. The molecule has 1 spiro atoms. The van der Waals surface area contributed by atoms with Gasteiger partial charge in [0, 0.05) is 29.8 Å². The van der Waals surface area contributed by atoms with Crippen LogP contribution in [0.1, 0.15) is 41.3 Å². The molecule has 0 atom stereocenters. The number of fused-ring (bicyclic) bond motifs is 2. The minimum atomic E-state index is -4.48. The number of anilines is 1. The monoisotopic (exact) mass is 414 g/mol. The van der Waals surface area contributed by atoms with Gasteiger partial charge < -0.3 is 4.90 Å². The van der Waals surface area contributed by atoms with Gasteiger partial charge in [-0.05, 0) is 62.7 Å². The number of alkyl halides is 3. The maximum absolute atomic E-state index is 13.3. The number of benzene rings is 2. The first kappa shape index (κ1) is 20.7. The smallest absolute Gasteiger partial charge is 0.307 e. The van der Waals surface area contributed by atoms with Crippen LogP contribution in [-0.4, -0.2) is 37.0 Å². The van der Waals surface area contributed by atoms with Gasteiger partial charge in [0.15, 0.2) is 0 Å². The number of halogens is 3. The van der Waals surface area contributed by atoms with E-state index in [2.05, 4.69) is 17.5 Å². The predicted octanol–water partition coefficient (Wildman–Crippen LogP) is 5.28. The molecule has 2 aliphatic heterocycles. The van der Waals surface area contributed by atoms with Crippen molar-refractivity contribution in [1.29, 1.82) is 0 Å². The van der Waals surface area contributed by atoms with E-state index >= 15 is 0 Å². The van der Waals surface area contributed by atoms with E-state index in [4.69, 9.17) is 0 Å². The number of hydrogen-bond donors (Lipinski definition) is 0. The van der Waals surface area contributed by atoms with Crippen LogP contribution in [0.5, 0.6) is 0 Å². The van der Waals surface area contributed by atoms with Crippen molar-refractivity contribution < 1.29 is 18.0 Å². The lowest BCUT2D eigenvalue weighted by Gasteiger charge is -2.40. The lowest BCUT2D eigenvalue weighted by Crippen LogP contribution is -2.46. The fourth-order valence-electron chi connectivity index (χ4n) is 4.74. The summed E-state index contributed by atoms with van der Waals surface area (Å²) in [7, 11) is 0. The summed E-state index contributed by atoms with van der Waals surface area (Å²) in [5.74, 6) is -0.380. The van der Waals surface area contributed by atoms with Crippen molar-refractivity contribution in [1.82, 2.24) is 4.90 Å². The normalized spacial score (nSPS) is 18.5. The third-order valence-corrected chi connectivity index (χ3v) is 6.22. The second kappa shape index (κ2) is 7.58. The largest absolute Gasteiger partial charge is 0.416 e. The highest BCUT2D eigenvalue weighted by Crippen LogP contribution is 2.47. The number of rotatable bonds is 3. The second-order valence-electron chi connectivity index (χ2n) is 8.50. The Morgan fingerprint density at radius 2 is 1.80 bits per heavy atom. The van der Waals surface area contributed by atoms with Gasteiger partial charge in [-0.15, -0.1) is 0 Å². The molecule has 4 rings (SSSR count). The van der Waals surface area contributed by atoms with Gasteiger partial charge in [0.1, 0.15) is 0 Å². The molecular weight excluding hydrogens is 389 g/mol. The highest BCUT2D eigenvalue weighted by atomic mass is 19.4. The number of para-hydroxylation sites is 1. The van der Waals surface area contributed by atoms with Crippen LogP contribution in [0.25, 0.3) is 0 Å². The molecule has 1 saturated heterocycles. The molecule has 0 unspecified atom stereocenters. The van der Waals surface area contributed by atoms with E-state index in [0.717, 1.165) is 61.4 Å². The van der Waals surface area contributed by atoms with Gasteiger partial charge in [0.25, 0.3) is 5.91 Å². The Bertz CT molecular complexity index is 974. The lowest BCUT2D eigenvalue weighted by atomic mass is 9.74. The molecule has 2 aromatic carbocycles. The zero-order valence-electron chi connectivity index (χ0n) is 17.0. The molecule has 2 heterocycles. The number of amides is 1. The number of carbonyl (C=O) groups is 1. The van der Waals surface area contributed by atoms with E-state index in [-0.39, 0.29) is 16.9 Å². The van der Waals surface area contributed by atoms with Crippen LogP contribution in [0, 0.1) is 0 Å². The zero-order chi connectivity index (χ0) is 21.5. The van der Waals surface area contributed by atoms with Gasteiger partial charge in [-0.3, -0.25) is 9.69 Å². The van der Waals surface area contributed by atoms with Crippen molar-refractivity contribution >= 4 is 11.6 Å². The van der Waals surface area contributed by atoms with Crippen molar-refractivity contribution in [3.8, 4) is 0 Å². The molecule has 2 aliphatic rings. The summed E-state index contributed by atoms with van der Waals surface area (Å²) < 4.78 is 39.4. The molecule has 1 amide bonds. The predicted molar refractivity (Wildman–Crippen MR) is 112 cm³/mol. The van der Waals surface area contributed by atoms with Crippen LogP contribution in [0.4, 0.5) is 18.9 Å². The first-order valence-electron chi connectivity index (χ1n) is 10.1. The molecule has 1 fully saturated rings. The molecule has 0 N–H and O–H groups in total. The second-order valence-corrected chi connectivity index (χ2v) is 8.50. The molecule has 0 bridgehead atoms. The topological polar surface area (TPSA) is 23.6 Å². The van der Waals surface area contributed by atoms with Crippen LogP contribution in [0.15, 0.2) is 60.7 Å². The Kier molecular flexibility index (Phi) is 5.22. The first-order chi connectivity index (χ1) is 14.2. The highest BCUT2D eigenvalue weighted by Gasteiger charge is 2.46. The third kappa shape index (κ3) is 3.76. The van der Waals surface area contributed by atoms with E-state index in [1.54, 1.807) is 4.90 Å². The van der Waals surface area contributed by atoms with E-state index in [0.29, 0.717) is 6.54 Å². The molecule has 0 radical (unpaired) electrons. The summed E-state index contributed by atoms with van der Waals surface area (Å²) in [6.07, 6.45) is -2.66. The van der Waals surface area contributed by atoms with Gasteiger partial charge in [0.05, 0.1) is 5.56 Å². The third-order valence-electron chi connectivity index (χ3n) is 6.22. The summed E-state index contributed by atoms with van der Waals surface area (Å²) in [5, 5.41) is 0. The van der Waals surface area contributed by atoms with Crippen molar-refractivity contribution in [2.75, 3.05) is 31.1 Å². The lowest BCUT2D eigenvalue weighted by molar-refractivity contribution is -0.137. The Hall–Kier alpha value is -2.60. The van der Waals surface area contributed by atoms with Gasteiger partial charge in [-0.2, -0.15) is 13.2 Å². The van der Waals surface area contributed by atoms with Gasteiger partial charge >= 0.3 is 6.18 Å². The first-order valence-corrected chi connectivity index (χ1v) is 10.1. The molecule has 0 saturated carbocycles. The zero-order valence-corrected chi connectivity index (χ0v) is 17.0. The van der Waals surface area contributed by atoms with Gasteiger partial charge in [-0.25, -0.2) is 0 Å². The van der Waals surface area contributed by atoms with Crippen molar-refractivity contribution in [3.63, 3.8) is 0 Å². The summed E-state index contributed by atoms with van der Waals surface area (Å²) >= 11 is 0. The molecule has 3 nitrogen and oxygen atoms in total. The average Bonchev–Trinajstić information content (AvgIpc) is 3.03. The Labute approximate surface area is 174 Å². The van der Waals surface area contributed by atoms with E-state index in [1.807, 2.05) is 25.1 Å². The van der Waals surface area contributed by atoms with Crippen LogP contribution in [0.2, 0.25) is 0 Å². The molecule has 158 valence electrons. The van der Waals surface area contributed by atoms with E-state index in [9.17, 15) is 18.0 Å². The van der Waals surface area contributed by atoms with Crippen LogP contribution >= 0.6 is 0 Å². The van der Waals surface area contributed by atoms with E-state index in [1.165, 1.54) is 12.1 Å². The average molecular weight is 414 g/mol. The van der Waals surface area contributed by atoms with Crippen LogP contribution < -0.4 is 4.90 Å². The maximum Gasteiger partial charge on any atom is 0.416 e. The Balaban J connectivity index is 1.62. The standard InChI is InChI=1S/C24H25F3N2O/c1-17(2)15-28-12-10-23(11-13-28)16-29(21-9-4-3-8-20(21)23)22(30)18-6-5-7-19(14-18)24(25,26)27/h3-9,14H,1,10-13,15-16H2,2H3. The van der Waals surface area contributed by atoms with Crippen LogP contribution in [-0.2, 0) is 11.6 Å². The van der Waals surface area contributed by atoms with Crippen molar-refractivity contribution in [3.05, 3.63) is 77.4 Å². The molecular formula is C24H25F3N2O. The molecule has 0 aromatic heterocycles. The fraction of sp³-hybridized carbons (Fsp3) is 0.375. The number of carbonyl (C=O) groups excluding carboxylic acids is 1. The maximum atomic E-state index is 13.3. The minimum absolute atomic E-state index is 0.0661. The summed E-state index contributed by atoms with van der Waals surface area (Å²) in [6, 6.07) is 12.5. The fourth-order valence-corrected chi connectivity index (χ4v) is 4.74. The number of likely N-dealkylation sites (tertiary alicyclic amines) is 1. The Morgan fingerprint density at radius 3 is 2.47 bits per heavy atom. The van der Waals surface area contributed by atoms with Crippen molar-refractivity contribution in [2.24, 2.45) is 0 Å². The molecule has 2 aromatic rings. The Morgan fingerprint density at radius 1 is 1.10 bits per heavy atom. The van der Waals surface area contributed by atoms with Gasteiger partial charge in [0.2, 0.25) is 0 Å². The summed E-state index contributed by atoms with van der Waals surface area (Å²) in [5.41, 5.74) is 2.17. The van der Waals surface area contributed by atoms with Gasteiger partial charge in [-0.1, -0.05) is 36.4 Å². The van der Waals surface area contributed by atoms with Crippen molar-refractivity contribution in [2.45, 2.75) is 31.4 Å². The molecule has 0 aliphatic carbocycles. The SMILES string of the molecule is C=C(C)CN1CCC2(CC1)CN(C(=O)c1cccc(C(F)(F)F)c1)c1ccccc12. The number of piperidine rings is 1. The quantitative estimate of drug-likeness (QED) is 0.639.